The number of nitrogens with one attached hydrogen (secondary N) is 1. The van der Waals surface area contributed by atoms with Crippen LogP contribution in [0.2, 0.25) is 0 Å². The number of hydrogen-bond acceptors (Lipinski definition) is 4. The first-order valence-electron chi connectivity index (χ1n) is 7.07. The molecule has 0 fully saturated rings. The second kappa shape index (κ2) is 9.20. The summed E-state index contributed by atoms with van der Waals surface area (Å²) in [7, 11) is 1.54. The third kappa shape index (κ3) is 8.88. The third-order valence-corrected chi connectivity index (χ3v) is 2.83. The second-order valence-corrected chi connectivity index (χ2v) is 5.55. The zero-order valence-electron chi connectivity index (χ0n) is 13.4. The number of esters is 1. The maximum absolute atomic E-state index is 11.8. The largest absolute Gasteiger partial charge is 0.481 e. The van der Waals surface area contributed by atoms with E-state index in [0.717, 1.165) is 0 Å². The summed E-state index contributed by atoms with van der Waals surface area (Å²) in [6.07, 6.45) is 0.556. The molecule has 0 heterocycles. The van der Waals surface area contributed by atoms with Crippen molar-refractivity contribution in [2.45, 2.75) is 52.7 Å². The Labute approximate surface area is 125 Å². The second-order valence-electron chi connectivity index (χ2n) is 5.55. The maximum atomic E-state index is 11.8. The number of urea groups is 1. The standard InChI is InChI=1S/C14H26N2O5/c1-9(2)21-12(17)7-6-11(4)15-14(20)16(5)8-10(3)13(18)19/h9-11H,6-8H2,1-5H3,(H,15,20)(H,18,19). The molecule has 0 saturated heterocycles. The van der Waals surface area contributed by atoms with E-state index >= 15 is 0 Å². The predicted molar refractivity (Wildman–Crippen MR) is 77.9 cm³/mol. The first kappa shape index (κ1) is 19.2. The van der Waals surface area contributed by atoms with Gasteiger partial charge in [-0.1, -0.05) is 6.92 Å². The molecule has 7 nitrogen and oxygen atoms in total. The van der Waals surface area contributed by atoms with Gasteiger partial charge in [0.25, 0.3) is 0 Å². The Balaban J connectivity index is 4.08. The number of nitrogens with zero attached hydrogens (tertiary/aromatic N) is 1. The Kier molecular flexibility index (Phi) is 8.42. The number of carboxylic acids is 1. The van der Waals surface area contributed by atoms with Crippen molar-refractivity contribution in [3.8, 4) is 0 Å². The summed E-state index contributed by atoms with van der Waals surface area (Å²) in [6.45, 7) is 7.01. The molecular weight excluding hydrogens is 276 g/mol. The van der Waals surface area contributed by atoms with E-state index in [1.165, 1.54) is 18.9 Å². The predicted octanol–water partition coefficient (Wildman–Crippen LogP) is 1.47. The van der Waals surface area contributed by atoms with Crippen LogP contribution in [0, 0.1) is 5.92 Å². The van der Waals surface area contributed by atoms with E-state index in [0.29, 0.717) is 6.42 Å². The van der Waals surface area contributed by atoms with Crippen molar-refractivity contribution in [2.75, 3.05) is 13.6 Å². The molecule has 2 amide bonds. The topological polar surface area (TPSA) is 95.9 Å². The lowest BCUT2D eigenvalue weighted by molar-refractivity contribution is -0.147. The molecule has 2 N–H and O–H groups in total. The SMILES string of the molecule is CC(CCC(=O)OC(C)C)NC(=O)N(C)CC(C)C(=O)O. The number of hydrogen-bond donors (Lipinski definition) is 2. The quantitative estimate of drug-likeness (QED) is 0.662. The van der Waals surface area contributed by atoms with Gasteiger partial charge in [-0.25, -0.2) is 4.79 Å². The molecule has 0 bridgehead atoms. The van der Waals surface area contributed by atoms with E-state index in [4.69, 9.17) is 9.84 Å². The molecule has 0 aromatic rings. The van der Waals surface area contributed by atoms with Gasteiger partial charge in [0.2, 0.25) is 0 Å². The van der Waals surface area contributed by atoms with Crippen molar-refractivity contribution in [3.63, 3.8) is 0 Å². The van der Waals surface area contributed by atoms with Gasteiger partial charge >= 0.3 is 18.0 Å². The molecule has 0 aromatic carbocycles. The molecule has 0 saturated carbocycles. The van der Waals surface area contributed by atoms with Gasteiger partial charge in [0.15, 0.2) is 0 Å². The molecule has 122 valence electrons. The van der Waals surface area contributed by atoms with Gasteiger partial charge in [-0.15, -0.1) is 0 Å². The van der Waals surface area contributed by atoms with E-state index in [1.807, 2.05) is 0 Å². The summed E-state index contributed by atoms with van der Waals surface area (Å²) in [5, 5.41) is 11.5. The van der Waals surface area contributed by atoms with E-state index in [2.05, 4.69) is 5.32 Å². The van der Waals surface area contributed by atoms with E-state index in [9.17, 15) is 14.4 Å². The molecule has 2 unspecified atom stereocenters. The van der Waals surface area contributed by atoms with Gasteiger partial charge in [-0.05, 0) is 27.2 Å². The van der Waals surface area contributed by atoms with Crippen LogP contribution in [0.1, 0.15) is 40.5 Å². The molecule has 0 aliphatic carbocycles. The summed E-state index contributed by atoms with van der Waals surface area (Å²) >= 11 is 0. The lowest BCUT2D eigenvalue weighted by Gasteiger charge is -2.22. The van der Waals surface area contributed by atoms with Gasteiger partial charge in [-0.2, -0.15) is 0 Å². The monoisotopic (exact) mass is 302 g/mol. The smallest absolute Gasteiger partial charge is 0.317 e. The van der Waals surface area contributed by atoms with Crippen molar-refractivity contribution < 1.29 is 24.2 Å². The summed E-state index contributed by atoms with van der Waals surface area (Å²) in [6, 6.07) is -0.548. The average Bonchev–Trinajstić information content (AvgIpc) is 2.35. The maximum Gasteiger partial charge on any atom is 0.317 e. The molecule has 0 aliphatic rings. The molecule has 0 spiro atoms. The zero-order valence-corrected chi connectivity index (χ0v) is 13.4. The summed E-state index contributed by atoms with van der Waals surface area (Å²) in [5.74, 6) is -1.87. The number of carboxylic acid groups (broad SMARTS) is 1. The number of carbonyl (C=O) groups excluding carboxylic acids is 2. The van der Waals surface area contributed by atoms with Crippen molar-refractivity contribution >= 4 is 18.0 Å². The fourth-order valence-corrected chi connectivity index (χ4v) is 1.62. The van der Waals surface area contributed by atoms with Gasteiger partial charge in [0.05, 0.1) is 12.0 Å². The fourth-order valence-electron chi connectivity index (χ4n) is 1.62. The minimum Gasteiger partial charge on any atom is -0.481 e. The highest BCUT2D eigenvalue weighted by molar-refractivity contribution is 5.76. The zero-order chi connectivity index (χ0) is 16.6. The highest BCUT2D eigenvalue weighted by Gasteiger charge is 2.19. The Bertz CT molecular complexity index is 370. The van der Waals surface area contributed by atoms with Gasteiger partial charge in [0.1, 0.15) is 0 Å². The molecule has 0 aliphatic heterocycles. The van der Waals surface area contributed by atoms with Crippen LogP contribution in [0.25, 0.3) is 0 Å². The number of rotatable bonds is 8. The van der Waals surface area contributed by atoms with Gasteiger partial charge in [-0.3, -0.25) is 9.59 Å². The fraction of sp³-hybridized carbons (Fsp3) is 0.786. The summed E-state index contributed by atoms with van der Waals surface area (Å²) in [5.41, 5.74) is 0. The van der Waals surface area contributed by atoms with Crippen LogP contribution in [-0.4, -0.2) is 53.7 Å². The van der Waals surface area contributed by atoms with Crippen molar-refractivity contribution in [1.29, 1.82) is 0 Å². The highest BCUT2D eigenvalue weighted by Crippen LogP contribution is 2.03. The lowest BCUT2D eigenvalue weighted by atomic mass is 10.1. The minimum absolute atomic E-state index is 0.128. The molecule has 0 rings (SSSR count). The van der Waals surface area contributed by atoms with Crippen molar-refractivity contribution in [3.05, 3.63) is 0 Å². The van der Waals surface area contributed by atoms with Crippen LogP contribution in [-0.2, 0) is 14.3 Å². The number of carbonyl (C=O) groups is 3. The Morgan fingerprint density at radius 1 is 1.19 bits per heavy atom. The normalized spacial score (nSPS) is 13.4. The lowest BCUT2D eigenvalue weighted by Crippen LogP contribution is -2.44. The Morgan fingerprint density at radius 2 is 1.76 bits per heavy atom. The molecule has 21 heavy (non-hydrogen) atoms. The molecule has 0 radical (unpaired) electrons. The Morgan fingerprint density at radius 3 is 2.24 bits per heavy atom. The van der Waals surface area contributed by atoms with Crippen LogP contribution in [0.15, 0.2) is 0 Å². The van der Waals surface area contributed by atoms with Crippen LogP contribution in [0.5, 0.6) is 0 Å². The van der Waals surface area contributed by atoms with Gasteiger partial charge in [0, 0.05) is 26.1 Å². The number of ether oxygens (including phenoxy) is 1. The first-order valence-corrected chi connectivity index (χ1v) is 7.07. The number of amides is 2. The van der Waals surface area contributed by atoms with Crippen LogP contribution < -0.4 is 5.32 Å². The first-order chi connectivity index (χ1) is 9.63. The molecular formula is C14H26N2O5. The summed E-state index contributed by atoms with van der Waals surface area (Å²) in [4.78, 5) is 35.3. The van der Waals surface area contributed by atoms with Crippen LogP contribution in [0.4, 0.5) is 4.79 Å². The Hall–Kier alpha value is -1.79. The van der Waals surface area contributed by atoms with Crippen LogP contribution in [0.3, 0.4) is 0 Å². The molecule has 7 heteroatoms. The summed E-state index contributed by atoms with van der Waals surface area (Å²) < 4.78 is 5.00. The third-order valence-electron chi connectivity index (χ3n) is 2.83. The van der Waals surface area contributed by atoms with Crippen molar-refractivity contribution in [1.82, 2.24) is 10.2 Å². The van der Waals surface area contributed by atoms with Gasteiger partial charge < -0.3 is 20.1 Å². The van der Waals surface area contributed by atoms with E-state index in [1.54, 1.807) is 20.8 Å². The highest BCUT2D eigenvalue weighted by atomic mass is 16.5. The van der Waals surface area contributed by atoms with E-state index < -0.39 is 11.9 Å². The molecule has 0 aromatic heterocycles. The van der Waals surface area contributed by atoms with Crippen LogP contribution >= 0.6 is 0 Å². The number of aliphatic carboxylic acids is 1. The minimum atomic E-state index is -0.945. The van der Waals surface area contributed by atoms with E-state index in [-0.39, 0.29) is 37.1 Å². The molecule has 2 atom stereocenters. The average molecular weight is 302 g/mol. The van der Waals surface area contributed by atoms with Crippen molar-refractivity contribution in [2.24, 2.45) is 5.92 Å².